The van der Waals surface area contributed by atoms with Crippen LogP contribution in [0.4, 0.5) is 5.69 Å². The number of hydrogen-bond donors (Lipinski definition) is 1. The number of anilines is 1. The highest BCUT2D eigenvalue weighted by Crippen LogP contribution is 2.30. The molecule has 0 radical (unpaired) electrons. The van der Waals surface area contributed by atoms with Gasteiger partial charge in [-0.3, -0.25) is 9.48 Å². The van der Waals surface area contributed by atoms with Gasteiger partial charge in [0.05, 0.1) is 24.1 Å². The number of nitrogens with zero attached hydrogens (tertiary/aromatic N) is 5. The Balaban J connectivity index is 1.20. The largest absolute Gasteiger partial charge is 0.322 e. The van der Waals surface area contributed by atoms with E-state index < -0.39 is 0 Å². The average Bonchev–Trinajstić information content (AvgIpc) is 3.48. The fourth-order valence-electron chi connectivity index (χ4n) is 4.82. The molecule has 0 fully saturated rings. The number of aryl methyl sites for hydroxylation is 2. The van der Waals surface area contributed by atoms with Crippen LogP contribution in [0, 0.1) is 13.8 Å². The Morgan fingerprint density at radius 1 is 0.946 bits per heavy atom. The van der Waals surface area contributed by atoms with Gasteiger partial charge in [0.25, 0.3) is 0 Å². The lowest BCUT2D eigenvalue weighted by Gasteiger charge is -2.07. The number of rotatable bonds is 6. The summed E-state index contributed by atoms with van der Waals surface area (Å²) in [6.45, 7) is 4.70. The zero-order valence-electron chi connectivity index (χ0n) is 20.7. The van der Waals surface area contributed by atoms with Gasteiger partial charge in [-0.15, -0.1) is 0 Å². The van der Waals surface area contributed by atoms with Crippen molar-refractivity contribution in [2.24, 2.45) is 0 Å². The molecule has 7 heteroatoms. The second-order valence-corrected chi connectivity index (χ2v) is 9.28. The van der Waals surface area contributed by atoms with Crippen molar-refractivity contribution in [3.63, 3.8) is 0 Å². The average molecular weight is 487 g/mol. The van der Waals surface area contributed by atoms with Gasteiger partial charge in [0.15, 0.2) is 5.65 Å². The van der Waals surface area contributed by atoms with Crippen molar-refractivity contribution in [2.45, 2.75) is 26.9 Å². The minimum absolute atomic E-state index is 0.0587. The van der Waals surface area contributed by atoms with Crippen molar-refractivity contribution in [2.75, 3.05) is 5.32 Å². The van der Waals surface area contributed by atoms with E-state index in [4.69, 9.17) is 0 Å². The molecule has 0 atom stereocenters. The van der Waals surface area contributed by atoms with Crippen molar-refractivity contribution >= 4 is 33.4 Å². The van der Waals surface area contributed by atoms with E-state index in [1.165, 1.54) is 21.9 Å². The van der Waals surface area contributed by atoms with Crippen LogP contribution in [0.5, 0.6) is 0 Å². The van der Waals surface area contributed by atoms with Gasteiger partial charge in [-0.25, -0.2) is 9.67 Å². The predicted octanol–water partition coefficient (Wildman–Crippen LogP) is 5.75. The highest BCUT2D eigenvalue weighted by molar-refractivity contribution is 5.96. The number of pyridine rings is 1. The highest BCUT2D eigenvalue weighted by atomic mass is 16.2. The summed E-state index contributed by atoms with van der Waals surface area (Å²) in [5.41, 5.74) is 6.72. The van der Waals surface area contributed by atoms with Crippen molar-refractivity contribution in [3.8, 4) is 11.1 Å². The molecule has 6 rings (SSSR count). The van der Waals surface area contributed by atoms with Gasteiger partial charge >= 0.3 is 0 Å². The minimum Gasteiger partial charge on any atom is -0.322 e. The Morgan fingerprint density at radius 3 is 2.62 bits per heavy atom. The van der Waals surface area contributed by atoms with E-state index in [-0.39, 0.29) is 12.5 Å². The number of carbonyl (C=O) groups excluding carboxylic acids is 1. The molecule has 0 bridgehead atoms. The highest BCUT2D eigenvalue weighted by Gasteiger charge is 2.16. The summed E-state index contributed by atoms with van der Waals surface area (Å²) in [5, 5.41) is 15.4. The maximum Gasteiger partial charge on any atom is 0.246 e. The van der Waals surface area contributed by atoms with Crippen LogP contribution >= 0.6 is 0 Å². The Morgan fingerprint density at radius 2 is 1.76 bits per heavy atom. The van der Waals surface area contributed by atoms with E-state index in [1.54, 1.807) is 17.1 Å². The first-order valence-corrected chi connectivity index (χ1v) is 12.2. The monoisotopic (exact) mass is 486 g/mol. The molecule has 3 heterocycles. The first-order chi connectivity index (χ1) is 18.0. The van der Waals surface area contributed by atoms with Crippen LogP contribution in [0.3, 0.4) is 0 Å². The summed E-state index contributed by atoms with van der Waals surface area (Å²) in [6, 6.07) is 24.9. The maximum atomic E-state index is 12.9. The van der Waals surface area contributed by atoms with Crippen molar-refractivity contribution < 1.29 is 4.79 Å². The van der Waals surface area contributed by atoms with E-state index >= 15 is 0 Å². The summed E-state index contributed by atoms with van der Waals surface area (Å²) < 4.78 is 3.50. The zero-order valence-corrected chi connectivity index (χ0v) is 20.7. The third kappa shape index (κ3) is 4.47. The summed E-state index contributed by atoms with van der Waals surface area (Å²) in [7, 11) is 0. The number of nitrogens with one attached hydrogen (secondary N) is 1. The lowest BCUT2D eigenvalue weighted by atomic mass is 10.0. The van der Waals surface area contributed by atoms with E-state index in [1.807, 2.05) is 36.0 Å². The number of aromatic nitrogens is 5. The molecule has 0 saturated carbocycles. The van der Waals surface area contributed by atoms with E-state index in [0.717, 1.165) is 22.2 Å². The fraction of sp³-hybridized carbons (Fsp3) is 0.133. The number of benzene rings is 3. The molecule has 0 aliphatic carbocycles. The first kappa shape index (κ1) is 22.7. The lowest BCUT2D eigenvalue weighted by molar-refractivity contribution is -0.116. The van der Waals surface area contributed by atoms with E-state index in [2.05, 4.69) is 82.0 Å². The maximum absolute atomic E-state index is 12.9. The smallest absolute Gasteiger partial charge is 0.246 e. The first-order valence-electron chi connectivity index (χ1n) is 12.2. The Bertz CT molecular complexity index is 1740. The molecule has 3 aromatic heterocycles. The third-order valence-corrected chi connectivity index (χ3v) is 6.59. The van der Waals surface area contributed by atoms with Crippen LogP contribution in [-0.2, 0) is 17.9 Å². The van der Waals surface area contributed by atoms with Crippen LogP contribution in [0.1, 0.15) is 16.8 Å². The summed E-state index contributed by atoms with van der Waals surface area (Å²) >= 11 is 0. The fourth-order valence-corrected chi connectivity index (χ4v) is 4.82. The van der Waals surface area contributed by atoms with Gasteiger partial charge in [-0.2, -0.15) is 10.2 Å². The van der Waals surface area contributed by atoms with Crippen molar-refractivity contribution in [3.05, 3.63) is 108 Å². The third-order valence-electron chi connectivity index (χ3n) is 6.59. The van der Waals surface area contributed by atoms with Crippen LogP contribution in [0.15, 0.2) is 91.4 Å². The molecule has 0 aliphatic rings. The standard InChI is InChI=1S/C30H26N6O/c1-20-10-12-23(13-11-20)27-14-15-31-30-29(27)21(2)34-36(30)19-28(37)33-25-16-32-35(18-25)17-24-8-5-7-22-6-3-4-9-26(22)24/h3-16,18H,17,19H2,1-2H3,(H,33,37). The Kier molecular flexibility index (Phi) is 5.73. The van der Waals surface area contributed by atoms with Gasteiger partial charge in [0.2, 0.25) is 5.91 Å². The summed E-state index contributed by atoms with van der Waals surface area (Å²) in [5.74, 6) is -0.184. The van der Waals surface area contributed by atoms with E-state index in [9.17, 15) is 4.79 Å². The normalized spacial score (nSPS) is 11.3. The van der Waals surface area contributed by atoms with Gasteiger partial charge < -0.3 is 5.32 Å². The topological polar surface area (TPSA) is 77.6 Å². The predicted molar refractivity (Wildman–Crippen MR) is 146 cm³/mol. The SMILES string of the molecule is Cc1ccc(-c2ccnc3c2c(C)nn3CC(=O)Nc2cnn(Cc3cccc4ccccc34)c2)cc1. The minimum atomic E-state index is -0.184. The van der Waals surface area contributed by atoms with Gasteiger partial charge in [0.1, 0.15) is 6.54 Å². The molecule has 37 heavy (non-hydrogen) atoms. The second kappa shape index (κ2) is 9.35. The lowest BCUT2D eigenvalue weighted by Crippen LogP contribution is -2.19. The molecule has 6 aromatic rings. The number of hydrogen-bond acceptors (Lipinski definition) is 4. The molecule has 1 N–H and O–H groups in total. The van der Waals surface area contributed by atoms with Gasteiger partial charge in [0, 0.05) is 17.8 Å². The molecule has 1 amide bonds. The molecule has 0 unspecified atom stereocenters. The van der Waals surface area contributed by atoms with Crippen LogP contribution in [0.25, 0.3) is 32.9 Å². The zero-order chi connectivity index (χ0) is 25.4. The molecule has 0 spiro atoms. The number of carbonyl (C=O) groups is 1. The van der Waals surface area contributed by atoms with E-state index in [0.29, 0.717) is 17.9 Å². The molecular weight excluding hydrogens is 460 g/mol. The summed E-state index contributed by atoms with van der Waals surface area (Å²) in [4.78, 5) is 17.5. The molecular formula is C30H26N6O. The molecule has 0 aliphatic heterocycles. The summed E-state index contributed by atoms with van der Waals surface area (Å²) in [6.07, 6.45) is 5.29. The van der Waals surface area contributed by atoms with Gasteiger partial charge in [-0.1, -0.05) is 72.3 Å². The molecule has 0 saturated heterocycles. The van der Waals surface area contributed by atoms with Crippen molar-refractivity contribution in [1.29, 1.82) is 0 Å². The second-order valence-electron chi connectivity index (χ2n) is 9.28. The van der Waals surface area contributed by atoms with Gasteiger partial charge in [-0.05, 0) is 47.4 Å². The molecule has 182 valence electrons. The Labute approximate surface area is 214 Å². The molecule has 3 aromatic carbocycles. The van der Waals surface area contributed by atoms with Crippen molar-refractivity contribution in [1.82, 2.24) is 24.5 Å². The Hall–Kier alpha value is -4.78. The quantitative estimate of drug-likeness (QED) is 0.325. The van der Waals surface area contributed by atoms with Crippen LogP contribution in [-0.4, -0.2) is 30.5 Å². The van der Waals surface area contributed by atoms with Crippen LogP contribution < -0.4 is 5.32 Å². The molecule has 7 nitrogen and oxygen atoms in total. The van der Waals surface area contributed by atoms with Crippen LogP contribution in [0.2, 0.25) is 0 Å². The number of amides is 1. The number of fused-ring (bicyclic) bond motifs is 2.